The molecule has 5 heteroatoms. The van der Waals surface area contributed by atoms with E-state index in [0.29, 0.717) is 5.56 Å². The zero-order valence-electron chi connectivity index (χ0n) is 9.19. The molecular formula is C11H14N2OS2. The number of nitrogens with one attached hydrogen (secondary N) is 1. The Kier molecular flexibility index (Phi) is 4.76. The van der Waals surface area contributed by atoms with Crippen LogP contribution in [0.25, 0.3) is 0 Å². The molecular weight excluding hydrogens is 240 g/mol. The van der Waals surface area contributed by atoms with E-state index in [1.165, 1.54) is 11.8 Å². The Morgan fingerprint density at radius 2 is 2.12 bits per heavy atom. The van der Waals surface area contributed by atoms with Gasteiger partial charge in [-0.25, -0.2) is 0 Å². The predicted molar refractivity (Wildman–Crippen MR) is 71.9 cm³/mol. The molecule has 1 unspecified atom stereocenters. The first kappa shape index (κ1) is 13.0. The van der Waals surface area contributed by atoms with Gasteiger partial charge in [-0.2, -0.15) is 0 Å². The maximum absolute atomic E-state index is 11.9. The van der Waals surface area contributed by atoms with Crippen molar-refractivity contribution in [3.63, 3.8) is 0 Å². The zero-order chi connectivity index (χ0) is 12.1. The number of carbonyl (C=O) groups is 1. The third kappa shape index (κ3) is 3.21. The van der Waals surface area contributed by atoms with E-state index >= 15 is 0 Å². The molecule has 0 heterocycles. The Balaban J connectivity index is 2.84. The van der Waals surface area contributed by atoms with E-state index in [4.69, 9.17) is 18.0 Å². The Bertz CT molecular complexity index is 407. The lowest BCUT2D eigenvalue weighted by Crippen LogP contribution is -2.41. The number of carbonyl (C=O) groups excluding carboxylic acids is 1. The summed E-state index contributed by atoms with van der Waals surface area (Å²) in [6, 6.07) is 7.13. The summed E-state index contributed by atoms with van der Waals surface area (Å²) in [5.74, 6) is -0.148. The van der Waals surface area contributed by atoms with Gasteiger partial charge in [0, 0.05) is 4.90 Å². The van der Waals surface area contributed by atoms with Crippen LogP contribution in [0.15, 0.2) is 29.2 Å². The molecule has 1 atom stereocenters. The minimum atomic E-state index is -0.294. The monoisotopic (exact) mass is 254 g/mol. The van der Waals surface area contributed by atoms with E-state index < -0.39 is 0 Å². The zero-order valence-corrected chi connectivity index (χ0v) is 10.8. The van der Waals surface area contributed by atoms with Crippen LogP contribution in [0.5, 0.6) is 0 Å². The first-order chi connectivity index (χ1) is 7.56. The van der Waals surface area contributed by atoms with Crippen molar-refractivity contribution >= 4 is 34.9 Å². The highest BCUT2D eigenvalue weighted by atomic mass is 32.2. The molecule has 0 aliphatic heterocycles. The van der Waals surface area contributed by atoms with Crippen molar-refractivity contribution in [3.8, 4) is 0 Å². The average molecular weight is 254 g/mol. The van der Waals surface area contributed by atoms with Gasteiger partial charge in [0.05, 0.1) is 16.6 Å². The van der Waals surface area contributed by atoms with E-state index in [0.717, 1.165) is 4.90 Å². The van der Waals surface area contributed by atoms with Gasteiger partial charge in [-0.15, -0.1) is 11.8 Å². The highest BCUT2D eigenvalue weighted by molar-refractivity contribution is 7.98. The second-order valence-corrected chi connectivity index (χ2v) is 4.62. The largest absolute Gasteiger partial charge is 0.392 e. The predicted octanol–water partition coefficient (Wildman–Crippen LogP) is 1.81. The molecule has 1 aromatic carbocycles. The summed E-state index contributed by atoms with van der Waals surface area (Å²) in [7, 11) is 0. The second-order valence-electron chi connectivity index (χ2n) is 3.30. The summed E-state index contributed by atoms with van der Waals surface area (Å²) in [4.78, 5) is 13.1. The van der Waals surface area contributed by atoms with Crippen molar-refractivity contribution in [1.29, 1.82) is 0 Å². The third-order valence-corrected chi connectivity index (χ3v) is 3.28. The van der Waals surface area contributed by atoms with Gasteiger partial charge in [-0.1, -0.05) is 24.4 Å². The van der Waals surface area contributed by atoms with Gasteiger partial charge in [0.1, 0.15) is 0 Å². The quantitative estimate of drug-likeness (QED) is 0.635. The Labute approximate surface area is 105 Å². The van der Waals surface area contributed by atoms with Crippen LogP contribution >= 0.6 is 24.0 Å². The lowest BCUT2D eigenvalue weighted by atomic mass is 10.2. The summed E-state index contributed by atoms with van der Waals surface area (Å²) in [5.41, 5.74) is 6.10. The summed E-state index contributed by atoms with van der Waals surface area (Å²) >= 11 is 6.34. The summed E-state index contributed by atoms with van der Waals surface area (Å²) < 4.78 is 0. The highest BCUT2D eigenvalue weighted by Gasteiger charge is 2.13. The number of amides is 1. The van der Waals surface area contributed by atoms with Crippen LogP contribution in [0.2, 0.25) is 0 Å². The first-order valence-electron chi connectivity index (χ1n) is 4.79. The third-order valence-electron chi connectivity index (χ3n) is 2.13. The normalized spacial score (nSPS) is 11.9. The molecule has 0 saturated carbocycles. The average Bonchev–Trinajstić information content (AvgIpc) is 2.28. The van der Waals surface area contributed by atoms with Crippen LogP contribution in [0.3, 0.4) is 0 Å². The van der Waals surface area contributed by atoms with Crippen molar-refractivity contribution in [2.24, 2.45) is 5.73 Å². The Morgan fingerprint density at radius 3 is 2.69 bits per heavy atom. The molecule has 1 amide bonds. The standard InChI is InChI=1S/C11H14N2OS2/c1-7(10(12)15)13-11(14)8-5-3-4-6-9(8)16-2/h3-7H,1-2H3,(H2,12,15)(H,13,14). The van der Waals surface area contributed by atoms with Crippen molar-refractivity contribution in [2.45, 2.75) is 17.9 Å². The van der Waals surface area contributed by atoms with Gasteiger partial charge < -0.3 is 11.1 Å². The molecule has 3 nitrogen and oxygen atoms in total. The number of nitrogens with two attached hydrogens (primary N) is 1. The van der Waals surface area contributed by atoms with Gasteiger partial charge in [0.2, 0.25) is 0 Å². The van der Waals surface area contributed by atoms with Crippen molar-refractivity contribution < 1.29 is 4.79 Å². The number of thiocarbonyl (C=S) groups is 1. The lowest BCUT2D eigenvalue weighted by Gasteiger charge is -2.13. The first-order valence-corrected chi connectivity index (χ1v) is 6.42. The van der Waals surface area contributed by atoms with E-state index in [1.807, 2.05) is 24.5 Å². The van der Waals surface area contributed by atoms with Gasteiger partial charge in [0.15, 0.2) is 0 Å². The van der Waals surface area contributed by atoms with Crippen LogP contribution in [0, 0.1) is 0 Å². The van der Waals surface area contributed by atoms with E-state index in [9.17, 15) is 4.79 Å². The van der Waals surface area contributed by atoms with Gasteiger partial charge in [0.25, 0.3) is 5.91 Å². The molecule has 1 rings (SSSR count). The van der Waals surface area contributed by atoms with Crippen LogP contribution in [-0.2, 0) is 0 Å². The fourth-order valence-corrected chi connectivity index (χ4v) is 1.83. The molecule has 0 radical (unpaired) electrons. The van der Waals surface area contributed by atoms with Crippen LogP contribution in [0.1, 0.15) is 17.3 Å². The van der Waals surface area contributed by atoms with Crippen molar-refractivity contribution in [2.75, 3.05) is 6.26 Å². The molecule has 0 aliphatic rings. The van der Waals surface area contributed by atoms with Crippen molar-refractivity contribution in [3.05, 3.63) is 29.8 Å². The molecule has 0 fully saturated rings. The number of hydrogen-bond donors (Lipinski definition) is 2. The molecule has 0 saturated heterocycles. The second kappa shape index (κ2) is 5.86. The minimum Gasteiger partial charge on any atom is -0.392 e. The minimum absolute atomic E-state index is 0.148. The molecule has 1 aromatic rings. The summed E-state index contributed by atoms with van der Waals surface area (Å²) in [6.45, 7) is 1.77. The maximum atomic E-state index is 11.9. The number of hydrogen-bond acceptors (Lipinski definition) is 3. The fourth-order valence-electron chi connectivity index (χ4n) is 1.18. The smallest absolute Gasteiger partial charge is 0.252 e. The molecule has 3 N–H and O–H groups in total. The molecule has 86 valence electrons. The molecule has 0 aliphatic carbocycles. The van der Waals surface area contributed by atoms with Crippen LogP contribution in [0.4, 0.5) is 0 Å². The lowest BCUT2D eigenvalue weighted by molar-refractivity contribution is 0.0946. The van der Waals surface area contributed by atoms with E-state index in [2.05, 4.69) is 5.32 Å². The van der Waals surface area contributed by atoms with Crippen molar-refractivity contribution in [1.82, 2.24) is 5.32 Å². The topological polar surface area (TPSA) is 55.1 Å². The number of benzene rings is 1. The van der Waals surface area contributed by atoms with Crippen LogP contribution < -0.4 is 11.1 Å². The molecule has 0 aromatic heterocycles. The van der Waals surface area contributed by atoms with E-state index in [-0.39, 0.29) is 16.9 Å². The van der Waals surface area contributed by atoms with E-state index in [1.54, 1.807) is 13.0 Å². The van der Waals surface area contributed by atoms with Gasteiger partial charge in [-0.05, 0) is 25.3 Å². The summed E-state index contributed by atoms with van der Waals surface area (Å²) in [6.07, 6.45) is 1.93. The number of rotatable bonds is 4. The molecule has 0 spiro atoms. The highest BCUT2D eigenvalue weighted by Crippen LogP contribution is 2.19. The maximum Gasteiger partial charge on any atom is 0.252 e. The SMILES string of the molecule is CSc1ccccc1C(=O)NC(C)C(N)=S. The molecule has 16 heavy (non-hydrogen) atoms. The molecule has 0 bridgehead atoms. The van der Waals surface area contributed by atoms with Gasteiger partial charge in [-0.3, -0.25) is 4.79 Å². The number of thioether (sulfide) groups is 1. The fraction of sp³-hybridized carbons (Fsp3) is 0.273. The summed E-state index contributed by atoms with van der Waals surface area (Å²) in [5, 5.41) is 2.75. The van der Waals surface area contributed by atoms with Gasteiger partial charge >= 0.3 is 0 Å². The van der Waals surface area contributed by atoms with Crippen LogP contribution in [-0.4, -0.2) is 23.2 Å². The Morgan fingerprint density at radius 1 is 1.50 bits per heavy atom. The Hall–Kier alpha value is -1.07.